The molecule has 0 aromatic carbocycles. The molecule has 3 heteroatoms. The van der Waals surface area contributed by atoms with Crippen molar-refractivity contribution in [2.75, 3.05) is 18.1 Å². The lowest BCUT2D eigenvalue weighted by Gasteiger charge is -2.22. The summed E-state index contributed by atoms with van der Waals surface area (Å²) in [7, 11) is 2.07. The van der Waals surface area contributed by atoms with Gasteiger partial charge in [-0.15, -0.1) is 0 Å². The molecule has 2 heterocycles. The van der Waals surface area contributed by atoms with E-state index in [1.165, 1.54) is 17.1 Å². The molecule has 12 heavy (non-hydrogen) atoms. The Kier molecular flexibility index (Phi) is 2.42. The Morgan fingerprint density at radius 2 is 2.58 bits per heavy atom. The number of thioether (sulfide) groups is 1. The number of rotatable bonds is 1. The average molecular weight is 182 g/mol. The van der Waals surface area contributed by atoms with Crippen LogP contribution in [0.3, 0.4) is 0 Å². The maximum Gasteiger partial charge on any atom is 0.0427 e. The summed E-state index contributed by atoms with van der Waals surface area (Å²) in [5, 5.41) is 3.51. The van der Waals surface area contributed by atoms with Gasteiger partial charge in [-0.1, -0.05) is 0 Å². The average Bonchev–Trinajstić information content (AvgIpc) is 2.54. The molecule has 0 bridgehead atoms. The van der Waals surface area contributed by atoms with Gasteiger partial charge < -0.3 is 9.88 Å². The van der Waals surface area contributed by atoms with Gasteiger partial charge in [-0.2, -0.15) is 11.8 Å². The minimum atomic E-state index is 0.574. The van der Waals surface area contributed by atoms with Gasteiger partial charge in [0.2, 0.25) is 0 Å². The quantitative estimate of drug-likeness (QED) is 0.707. The Bertz CT molecular complexity index is 251. The van der Waals surface area contributed by atoms with Gasteiger partial charge in [-0.05, 0) is 11.6 Å². The van der Waals surface area contributed by atoms with Gasteiger partial charge in [0.05, 0.1) is 0 Å². The summed E-state index contributed by atoms with van der Waals surface area (Å²) in [5.41, 5.74) is 1.42. The molecule has 1 saturated heterocycles. The Balaban J connectivity index is 2.08. The molecule has 1 unspecified atom stereocenters. The molecule has 1 aromatic rings. The van der Waals surface area contributed by atoms with Crippen LogP contribution in [0.25, 0.3) is 0 Å². The molecule has 0 radical (unpaired) electrons. The Morgan fingerprint density at radius 1 is 1.67 bits per heavy atom. The molecule has 66 valence electrons. The van der Waals surface area contributed by atoms with Crippen molar-refractivity contribution in [3.63, 3.8) is 0 Å². The largest absolute Gasteiger partial charge is 0.357 e. The molecule has 1 aromatic heterocycles. The first kappa shape index (κ1) is 8.20. The van der Waals surface area contributed by atoms with Crippen molar-refractivity contribution in [2.45, 2.75) is 6.04 Å². The molecule has 1 N–H and O–H groups in total. The van der Waals surface area contributed by atoms with Gasteiger partial charge in [-0.25, -0.2) is 0 Å². The van der Waals surface area contributed by atoms with Gasteiger partial charge in [0.15, 0.2) is 0 Å². The molecule has 1 atom stereocenters. The van der Waals surface area contributed by atoms with E-state index in [1.807, 2.05) is 11.8 Å². The number of nitrogens with one attached hydrogen (secondary N) is 1. The molecule has 2 rings (SSSR count). The number of aryl methyl sites for hydroxylation is 1. The van der Waals surface area contributed by atoms with Crippen LogP contribution in [0.2, 0.25) is 0 Å². The third kappa shape index (κ3) is 1.67. The van der Waals surface area contributed by atoms with E-state index >= 15 is 0 Å². The van der Waals surface area contributed by atoms with Crippen LogP contribution in [0.5, 0.6) is 0 Å². The van der Waals surface area contributed by atoms with E-state index in [1.54, 1.807) is 0 Å². The summed E-state index contributed by atoms with van der Waals surface area (Å²) < 4.78 is 2.11. The predicted molar refractivity (Wildman–Crippen MR) is 53.5 cm³/mol. The smallest absolute Gasteiger partial charge is 0.0427 e. The molecular formula is C9H14N2S. The third-order valence-electron chi connectivity index (χ3n) is 2.18. The van der Waals surface area contributed by atoms with Crippen LogP contribution in [0.15, 0.2) is 18.5 Å². The normalized spacial score (nSPS) is 24.2. The number of aromatic nitrogens is 1. The lowest BCUT2D eigenvalue weighted by atomic mass is 10.2. The highest BCUT2D eigenvalue weighted by molar-refractivity contribution is 7.99. The van der Waals surface area contributed by atoms with Crippen LogP contribution in [0, 0.1) is 0 Å². The fourth-order valence-corrected chi connectivity index (χ4v) is 2.49. The van der Waals surface area contributed by atoms with Crippen LogP contribution in [0.1, 0.15) is 11.6 Å². The molecule has 1 aliphatic rings. The zero-order chi connectivity index (χ0) is 8.39. The zero-order valence-corrected chi connectivity index (χ0v) is 8.10. The van der Waals surface area contributed by atoms with Crippen molar-refractivity contribution in [1.82, 2.24) is 9.88 Å². The molecule has 0 saturated carbocycles. The minimum Gasteiger partial charge on any atom is -0.357 e. The standard InChI is InChI=1S/C9H14N2S/c1-11-4-2-8(6-11)9-7-12-5-3-10-9/h2,4,6,9-10H,3,5,7H2,1H3. The number of nitrogens with zero attached hydrogens (tertiary/aromatic N) is 1. The molecule has 0 spiro atoms. The molecule has 0 amide bonds. The fourth-order valence-electron chi connectivity index (χ4n) is 1.51. The van der Waals surface area contributed by atoms with E-state index in [9.17, 15) is 0 Å². The van der Waals surface area contributed by atoms with Gasteiger partial charge in [0.25, 0.3) is 0 Å². The SMILES string of the molecule is Cn1ccc(C2CSCCN2)c1. The molecule has 2 nitrogen and oxygen atoms in total. The maximum atomic E-state index is 3.51. The van der Waals surface area contributed by atoms with E-state index in [-0.39, 0.29) is 0 Å². The molecule has 0 aliphatic carbocycles. The van der Waals surface area contributed by atoms with E-state index in [4.69, 9.17) is 0 Å². The maximum absolute atomic E-state index is 3.51. The minimum absolute atomic E-state index is 0.574. The second kappa shape index (κ2) is 3.54. The van der Waals surface area contributed by atoms with Crippen LogP contribution in [-0.2, 0) is 7.05 Å². The summed E-state index contributed by atoms with van der Waals surface area (Å²) in [6.07, 6.45) is 4.31. The van der Waals surface area contributed by atoms with Crippen LogP contribution in [0.4, 0.5) is 0 Å². The van der Waals surface area contributed by atoms with Crippen LogP contribution >= 0.6 is 11.8 Å². The van der Waals surface area contributed by atoms with Gasteiger partial charge in [-0.3, -0.25) is 0 Å². The lowest BCUT2D eigenvalue weighted by Crippen LogP contribution is -2.29. The summed E-state index contributed by atoms with van der Waals surface area (Å²) >= 11 is 2.04. The topological polar surface area (TPSA) is 17.0 Å². The van der Waals surface area contributed by atoms with Crippen molar-refractivity contribution in [3.05, 3.63) is 24.0 Å². The van der Waals surface area contributed by atoms with Crippen LogP contribution in [-0.4, -0.2) is 22.6 Å². The highest BCUT2D eigenvalue weighted by atomic mass is 32.2. The van der Waals surface area contributed by atoms with Gasteiger partial charge in [0, 0.05) is 43.5 Å². The fraction of sp³-hybridized carbons (Fsp3) is 0.556. The Morgan fingerprint density at radius 3 is 3.17 bits per heavy atom. The van der Waals surface area contributed by atoms with Crippen molar-refractivity contribution >= 4 is 11.8 Å². The van der Waals surface area contributed by atoms with E-state index in [2.05, 4.69) is 35.4 Å². The molecular weight excluding hydrogens is 168 g/mol. The molecule has 1 fully saturated rings. The van der Waals surface area contributed by atoms with Gasteiger partial charge in [0.1, 0.15) is 0 Å². The molecule has 1 aliphatic heterocycles. The first-order valence-electron chi connectivity index (χ1n) is 4.29. The summed E-state index contributed by atoms with van der Waals surface area (Å²) in [6.45, 7) is 1.14. The van der Waals surface area contributed by atoms with E-state index < -0.39 is 0 Å². The Hall–Kier alpha value is -0.410. The predicted octanol–water partition coefficient (Wildman–Crippen LogP) is 1.40. The van der Waals surface area contributed by atoms with Gasteiger partial charge >= 0.3 is 0 Å². The van der Waals surface area contributed by atoms with Crippen molar-refractivity contribution in [1.29, 1.82) is 0 Å². The first-order valence-corrected chi connectivity index (χ1v) is 5.45. The highest BCUT2D eigenvalue weighted by Gasteiger charge is 2.14. The van der Waals surface area contributed by atoms with E-state index in [0.29, 0.717) is 6.04 Å². The monoisotopic (exact) mass is 182 g/mol. The summed E-state index contributed by atoms with van der Waals surface area (Å²) in [5.74, 6) is 2.47. The Labute approximate surface area is 77.3 Å². The van der Waals surface area contributed by atoms with E-state index in [0.717, 1.165) is 6.54 Å². The van der Waals surface area contributed by atoms with Crippen molar-refractivity contribution in [2.24, 2.45) is 7.05 Å². The first-order chi connectivity index (χ1) is 5.86. The number of hydrogen-bond acceptors (Lipinski definition) is 2. The van der Waals surface area contributed by atoms with Crippen molar-refractivity contribution in [3.8, 4) is 0 Å². The highest BCUT2D eigenvalue weighted by Crippen LogP contribution is 2.21. The second-order valence-corrected chi connectivity index (χ2v) is 4.34. The number of hydrogen-bond donors (Lipinski definition) is 1. The second-order valence-electron chi connectivity index (χ2n) is 3.19. The van der Waals surface area contributed by atoms with Crippen molar-refractivity contribution < 1.29 is 0 Å². The third-order valence-corrected chi connectivity index (χ3v) is 3.24. The summed E-state index contributed by atoms with van der Waals surface area (Å²) in [6, 6.07) is 2.77. The lowest BCUT2D eigenvalue weighted by molar-refractivity contribution is 0.594. The zero-order valence-electron chi connectivity index (χ0n) is 7.29. The van der Waals surface area contributed by atoms with Crippen LogP contribution < -0.4 is 5.32 Å². The summed E-state index contributed by atoms with van der Waals surface area (Å²) in [4.78, 5) is 0.